The predicted molar refractivity (Wildman–Crippen MR) is 119 cm³/mol. The summed E-state index contributed by atoms with van der Waals surface area (Å²) in [5.74, 6) is -6.91. The van der Waals surface area contributed by atoms with E-state index in [1.807, 2.05) is 0 Å². The summed E-state index contributed by atoms with van der Waals surface area (Å²) >= 11 is 5.90. The fraction of sp³-hybridized carbons (Fsp3) is 0.208. The summed E-state index contributed by atoms with van der Waals surface area (Å²) in [6.45, 7) is -1.17. The number of hydrogen-bond donors (Lipinski definition) is 1. The zero-order valence-corrected chi connectivity index (χ0v) is 18.0. The largest absolute Gasteiger partial charge is 0.332 e. The van der Waals surface area contributed by atoms with Gasteiger partial charge in [0.15, 0.2) is 0 Å². The molecule has 1 N–H and O–H groups in total. The van der Waals surface area contributed by atoms with Gasteiger partial charge in [-0.3, -0.25) is 14.6 Å². The Balaban J connectivity index is 1.57. The summed E-state index contributed by atoms with van der Waals surface area (Å²) in [4.78, 5) is 30.7. The number of nitrogens with zero attached hydrogens (tertiary/aromatic N) is 2. The fourth-order valence-electron chi connectivity index (χ4n) is 3.79. The minimum Gasteiger partial charge on any atom is -0.332 e. The van der Waals surface area contributed by atoms with Gasteiger partial charge >= 0.3 is 0 Å². The van der Waals surface area contributed by atoms with Crippen molar-refractivity contribution >= 4 is 29.1 Å². The molecular weight excluding hydrogens is 455 g/mol. The zero-order valence-electron chi connectivity index (χ0n) is 17.3. The van der Waals surface area contributed by atoms with Crippen molar-refractivity contribution in [2.24, 2.45) is 5.92 Å². The number of aromatic nitrogens is 1. The number of rotatable bonds is 4. The number of benzene rings is 2. The van der Waals surface area contributed by atoms with E-state index >= 15 is 0 Å². The molecule has 0 bridgehead atoms. The van der Waals surface area contributed by atoms with E-state index in [0.29, 0.717) is 22.0 Å². The average molecular weight is 474 g/mol. The molecule has 1 saturated heterocycles. The van der Waals surface area contributed by atoms with Crippen LogP contribution in [0.2, 0.25) is 5.02 Å². The Bertz CT molecular complexity index is 1190. The summed E-state index contributed by atoms with van der Waals surface area (Å²) in [7, 11) is 0. The number of carbonyl (C=O) groups is 2. The SMILES string of the molecule is O=C(Nc1cccc(Cl)c1)C1CN(C(=O)c2cc(-c3ccccn3)ccc2F)CC(F)(F)C1. The lowest BCUT2D eigenvalue weighted by atomic mass is 9.93. The average Bonchev–Trinajstić information content (AvgIpc) is 2.78. The Morgan fingerprint density at radius 3 is 2.64 bits per heavy atom. The standard InChI is InChI=1S/C24H19ClF3N3O2/c25-17-4-3-5-18(11-17)30-22(32)16-12-24(27,28)14-31(13-16)23(33)19-10-15(7-8-20(19)26)21-6-1-2-9-29-21/h1-11,16H,12-14H2,(H,30,32). The molecule has 170 valence electrons. The molecule has 0 saturated carbocycles. The highest BCUT2D eigenvalue weighted by Crippen LogP contribution is 2.33. The van der Waals surface area contributed by atoms with Crippen LogP contribution in [0.15, 0.2) is 66.9 Å². The molecule has 0 spiro atoms. The normalized spacial score (nSPS) is 17.5. The molecule has 2 amide bonds. The number of anilines is 1. The van der Waals surface area contributed by atoms with Gasteiger partial charge in [-0.15, -0.1) is 0 Å². The molecule has 1 atom stereocenters. The highest BCUT2D eigenvalue weighted by atomic mass is 35.5. The summed E-state index contributed by atoms with van der Waals surface area (Å²) < 4.78 is 43.5. The van der Waals surface area contributed by atoms with Crippen molar-refractivity contribution in [2.75, 3.05) is 18.4 Å². The number of pyridine rings is 1. The van der Waals surface area contributed by atoms with Gasteiger partial charge in [-0.1, -0.05) is 23.7 Å². The number of amides is 2. The lowest BCUT2D eigenvalue weighted by Gasteiger charge is -2.37. The van der Waals surface area contributed by atoms with Crippen LogP contribution >= 0.6 is 11.6 Å². The number of carbonyl (C=O) groups excluding carboxylic acids is 2. The Labute approximate surface area is 193 Å². The van der Waals surface area contributed by atoms with Crippen molar-refractivity contribution in [3.8, 4) is 11.3 Å². The first-order chi connectivity index (χ1) is 15.7. The molecule has 5 nitrogen and oxygen atoms in total. The van der Waals surface area contributed by atoms with Crippen LogP contribution in [0.4, 0.5) is 18.9 Å². The molecule has 2 heterocycles. The van der Waals surface area contributed by atoms with Crippen molar-refractivity contribution < 1.29 is 22.8 Å². The van der Waals surface area contributed by atoms with Crippen LogP contribution in [0.25, 0.3) is 11.3 Å². The maximum atomic E-state index is 14.5. The van der Waals surface area contributed by atoms with Gasteiger partial charge in [0.1, 0.15) is 5.82 Å². The Kier molecular flexibility index (Phi) is 6.37. The van der Waals surface area contributed by atoms with E-state index in [2.05, 4.69) is 10.3 Å². The van der Waals surface area contributed by atoms with Gasteiger partial charge in [0.25, 0.3) is 11.8 Å². The molecule has 0 aliphatic carbocycles. The van der Waals surface area contributed by atoms with Gasteiger partial charge in [-0.25, -0.2) is 13.2 Å². The number of halogens is 4. The van der Waals surface area contributed by atoms with Gasteiger partial charge in [-0.2, -0.15) is 0 Å². The number of nitrogens with one attached hydrogen (secondary N) is 1. The monoisotopic (exact) mass is 473 g/mol. The highest BCUT2D eigenvalue weighted by Gasteiger charge is 2.45. The quantitative estimate of drug-likeness (QED) is 0.561. The van der Waals surface area contributed by atoms with E-state index in [0.717, 1.165) is 11.0 Å². The third-order valence-electron chi connectivity index (χ3n) is 5.32. The summed E-state index contributed by atoms with van der Waals surface area (Å²) in [6, 6.07) is 15.3. The lowest BCUT2D eigenvalue weighted by Crippen LogP contribution is -2.52. The molecule has 2 aromatic carbocycles. The molecule has 0 radical (unpaired) electrons. The maximum absolute atomic E-state index is 14.5. The molecule has 4 rings (SSSR count). The van der Waals surface area contributed by atoms with Gasteiger partial charge in [0.2, 0.25) is 5.91 Å². The molecule has 1 fully saturated rings. The smallest absolute Gasteiger partial charge is 0.266 e. The van der Waals surface area contributed by atoms with E-state index in [4.69, 9.17) is 11.6 Å². The number of hydrogen-bond acceptors (Lipinski definition) is 3. The lowest BCUT2D eigenvalue weighted by molar-refractivity contribution is -0.130. The van der Waals surface area contributed by atoms with Gasteiger partial charge in [-0.05, 0) is 48.5 Å². The van der Waals surface area contributed by atoms with Crippen molar-refractivity contribution in [1.29, 1.82) is 0 Å². The van der Waals surface area contributed by atoms with Crippen LogP contribution in [-0.2, 0) is 4.79 Å². The van der Waals surface area contributed by atoms with E-state index in [1.165, 1.54) is 18.2 Å². The van der Waals surface area contributed by atoms with Crippen LogP contribution in [0, 0.1) is 11.7 Å². The molecule has 1 unspecified atom stereocenters. The van der Waals surface area contributed by atoms with E-state index in [1.54, 1.807) is 42.6 Å². The second-order valence-electron chi connectivity index (χ2n) is 7.85. The molecule has 9 heteroatoms. The van der Waals surface area contributed by atoms with Crippen LogP contribution in [0.5, 0.6) is 0 Å². The summed E-state index contributed by atoms with van der Waals surface area (Å²) in [5.41, 5.74) is 0.979. The molecule has 1 aliphatic rings. The molecular formula is C24H19ClF3N3O2. The zero-order chi connectivity index (χ0) is 23.6. The maximum Gasteiger partial charge on any atom is 0.266 e. The first kappa shape index (κ1) is 22.8. The van der Waals surface area contributed by atoms with Crippen LogP contribution in [-0.4, -0.2) is 40.7 Å². The number of alkyl halides is 2. The topological polar surface area (TPSA) is 62.3 Å². The van der Waals surface area contributed by atoms with Gasteiger partial charge in [0.05, 0.1) is 23.7 Å². The van der Waals surface area contributed by atoms with E-state index in [9.17, 15) is 22.8 Å². The molecule has 1 aromatic heterocycles. The summed E-state index contributed by atoms with van der Waals surface area (Å²) in [5, 5.41) is 2.93. The number of piperidine rings is 1. The predicted octanol–water partition coefficient (Wildman–Crippen LogP) is 5.28. The summed E-state index contributed by atoms with van der Waals surface area (Å²) in [6.07, 6.45) is 0.828. The highest BCUT2D eigenvalue weighted by molar-refractivity contribution is 6.30. The van der Waals surface area contributed by atoms with Gasteiger partial charge < -0.3 is 10.2 Å². The van der Waals surface area contributed by atoms with E-state index in [-0.39, 0.29) is 12.1 Å². The minimum atomic E-state index is -3.31. The van der Waals surface area contributed by atoms with Crippen molar-refractivity contribution in [3.63, 3.8) is 0 Å². The third-order valence-corrected chi connectivity index (χ3v) is 5.55. The second-order valence-corrected chi connectivity index (χ2v) is 8.29. The van der Waals surface area contributed by atoms with Crippen molar-refractivity contribution in [2.45, 2.75) is 12.3 Å². The Morgan fingerprint density at radius 2 is 1.91 bits per heavy atom. The number of likely N-dealkylation sites (tertiary alicyclic amines) is 1. The van der Waals surface area contributed by atoms with Crippen molar-refractivity contribution in [3.05, 3.63) is 83.3 Å². The Morgan fingerprint density at radius 1 is 1.09 bits per heavy atom. The van der Waals surface area contributed by atoms with Crippen LogP contribution < -0.4 is 5.32 Å². The second kappa shape index (κ2) is 9.23. The minimum absolute atomic E-state index is 0.270. The first-order valence-electron chi connectivity index (χ1n) is 10.2. The molecule has 1 aliphatic heterocycles. The molecule has 3 aromatic rings. The van der Waals surface area contributed by atoms with E-state index < -0.39 is 42.4 Å². The van der Waals surface area contributed by atoms with Crippen LogP contribution in [0.3, 0.4) is 0 Å². The molecule has 33 heavy (non-hydrogen) atoms. The Hall–Kier alpha value is -3.39. The van der Waals surface area contributed by atoms with Crippen molar-refractivity contribution in [1.82, 2.24) is 9.88 Å². The van der Waals surface area contributed by atoms with Gasteiger partial charge in [0, 0.05) is 35.4 Å². The first-order valence-corrected chi connectivity index (χ1v) is 10.5. The fourth-order valence-corrected chi connectivity index (χ4v) is 3.98. The third kappa shape index (κ3) is 5.34. The van der Waals surface area contributed by atoms with Crippen LogP contribution in [0.1, 0.15) is 16.8 Å².